The summed E-state index contributed by atoms with van der Waals surface area (Å²) in [6.45, 7) is 9.33. The van der Waals surface area contributed by atoms with E-state index in [1.54, 1.807) is 0 Å². The third-order valence-corrected chi connectivity index (χ3v) is 4.80. The van der Waals surface area contributed by atoms with E-state index in [9.17, 15) is 0 Å². The minimum Gasteiger partial charge on any atom is -0.377 e. The molecule has 2 heterocycles. The zero-order chi connectivity index (χ0) is 13.2. The van der Waals surface area contributed by atoms with Crippen molar-refractivity contribution < 1.29 is 4.74 Å². The van der Waals surface area contributed by atoms with Gasteiger partial charge in [-0.25, -0.2) is 0 Å². The Morgan fingerprint density at radius 3 is 2.78 bits per heavy atom. The van der Waals surface area contributed by atoms with Crippen molar-refractivity contribution in [3.63, 3.8) is 0 Å². The molecule has 0 spiro atoms. The highest BCUT2D eigenvalue weighted by Crippen LogP contribution is 2.33. The highest BCUT2D eigenvalue weighted by molar-refractivity contribution is 5.03. The first-order chi connectivity index (χ1) is 8.61. The van der Waals surface area contributed by atoms with Gasteiger partial charge in [-0.05, 0) is 46.7 Å². The number of likely N-dealkylation sites (tertiary alicyclic amines) is 2. The van der Waals surface area contributed by atoms with Crippen molar-refractivity contribution in [2.45, 2.75) is 50.8 Å². The SMILES string of the molecule is CCOC1CCCN(C2(CN)CC(C)N(C)C2)C1. The molecule has 3 atom stereocenters. The molecule has 0 aromatic carbocycles. The van der Waals surface area contributed by atoms with Crippen molar-refractivity contribution >= 4 is 0 Å². The van der Waals surface area contributed by atoms with Crippen LogP contribution in [0.5, 0.6) is 0 Å². The summed E-state index contributed by atoms with van der Waals surface area (Å²) in [6, 6.07) is 0.640. The molecule has 106 valence electrons. The number of likely N-dealkylation sites (N-methyl/N-ethyl adjacent to an activating group) is 1. The molecule has 2 saturated heterocycles. The largest absolute Gasteiger partial charge is 0.377 e. The Morgan fingerprint density at radius 1 is 1.44 bits per heavy atom. The first-order valence-electron chi connectivity index (χ1n) is 7.38. The van der Waals surface area contributed by atoms with Gasteiger partial charge in [-0.2, -0.15) is 0 Å². The molecule has 2 rings (SSSR count). The molecule has 2 N–H and O–H groups in total. The van der Waals surface area contributed by atoms with Gasteiger partial charge in [0, 0.05) is 37.8 Å². The molecule has 0 bridgehead atoms. The predicted molar refractivity (Wildman–Crippen MR) is 74.7 cm³/mol. The molecule has 2 fully saturated rings. The van der Waals surface area contributed by atoms with Crippen LogP contribution in [-0.2, 0) is 4.74 Å². The standard InChI is InChI=1S/C14H29N3O/c1-4-18-13-6-5-7-17(9-13)14(10-15)8-12(2)16(3)11-14/h12-13H,4-11,15H2,1-3H3. The Labute approximate surface area is 111 Å². The number of piperidine rings is 1. The van der Waals surface area contributed by atoms with Crippen molar-refractivity contribution in [1.29, 1.82) is 0 Å². The third kappa shape index (κ3) is 2.72. The predicted octanol–water partition coefficient (Wildman–Crippen LogP) is 0.909. The summed E-state index contributed by atoms with van der Waals surface area (Å²) in [7, 11) is 2.21. The first-order valence-corrected chi connectivity index (χ1v) is 7.38. The summed E-state index contributed by atoms with van der Waals surface area (Å²) < 4.78 is 5.82. The molecule has 2 aliphatic rings. The number of nitrogens with two attached hydrogens (primary N) is 1. The normalized spacial score (nSPS) is 39.3. The van der Waals surface area contributed by atoms with Crippen LogP contribution in [0.25, 0.3) is 0 Å². The lowest BCUT2D eigenvalue weighted by Crippen LogP contribution is -2.59. The second-order valence-corrected chi connectivity index (χ2v) is 6.06. The molecule has 4 nitrogen and oxygen atoms in total. The topological polar surface area (TPSA) is 41.7 Å². The molecule has 4 heteroatoms. The van der Waals surface area contributed by atoms with Crippen molar-refractivity contribution in [1.82, 2.24) is 9.80 Å². The van der Waals surface area contributed by atoms with Crippen LogP contribution in [0.1, 0.15) is 33.1 Å². The van der Waals surface area contributed by atoms with Gasteiger partial charge in [0.1, 0.15) is 0 Å². The van der Waals surface area contributed by atoms with Gasteiger partial charge in [0.15, 0.2) is 0 Å². The second kappa shape index (κ2) is 5.87. The summed E-state index contributed by atoms with van der Waals surface area (Å²) >= 11 is 0. The van der Waals surface area contributed by atoms with Crippen molar-refractivity contribution in [3.05, 3.63) is 0 Å². The van der Waals surface area contributed by atoms with Crippen molar-refractivity contribution in [3.8, 4) is 0 Å². The molecule has 2 aliphatic heterocycles. The van der Waals surface area contributed by atoms with Gasteiger partial charge in [0.05, 0.1) is 6.10 Å². The van der Waals surface area contributed by atoms with Crippen LogP contribution in [0.15, 0.2) is 0 Å². The van der Waals surface area contributed by atoms with Gasteiger partial charge < -0.3 is 15.4 Å². The van der Waals surface area contributed by atoms with Gasteiger partial charge >= 0.3 is 0 Å². The molecular weight excluding hydrogens is 226 g/mol. The number of nitrogens with zero attached hydrogens (tertiary/aromatic N) is 2. The van der Waals surface area contributed by atoms with Gasteiger partial charge in [0.2, 0.25) is 0 Å². The number of hydrogen-bond acceptors (Lipinski definition) is 4. The zero-order valence-electron chi connectivity index (χ0n) is 12.2. The van der Waals surface area contributed by atoms with E-state index < -0.39 is 0 Å². The molecule has 0 saturated carbocycles. The van der Waals surface area contributed by atoms with Gasteiger partial charge in [-0.1, -0.05) is 0 Å². The van der Waals surface area contributed by atoms with Crippen LogP contribution in [-0.4, -0.2) is 67.3 Å². The van der Waals surface area contributed by atoms with E-state index in [-0.39, 0.29) is 5.54 Å². The smallest absolute Gasteiger partial charge is 0.0702 e. The van der Waals surface area contributed by atoms with E-state index >= 15 is 0 Å². The van der Waals surface area contributed by atoms with E-state index in [4.69, 9.17) is 10.5 Å². The Balaban J connectivity index is 2.03. The fraction of sp³-hybridized carbons (Fsp3) is 1.00. The first kappa shape index (κ1) is 14.3. The van der Waals surface area contributed by atoms with Crippen LogP contribution in [0.4, 0.5) is 0 Å². The lowest BCUT2D eigenvalue weighted by atomic mass is 9.91. The highest BCUT2D eigenvalue weighted by atomic mass is 16.5. The molecule has 0 radical (unpaired) electrons. The molecule has 3 unspecified atom stereocenters. The van der Waals surface area contributed by atoms with Gasteiger partial charge in [-0.3, -0.25) is 4.90 Å². The van der Waals surface area contributed by atoms with E-state index in [0.29, 0.717) is 12.1 Å². The molecule has 0 aliphatic carbocycles. The van der Waals surface area contributed by atoms with E-state index in [1.807, 2.05) is 0 Å². The molecule has 0 aromatic heterocycles. The fourth-order valence-electron chi connectivity index (χ4n) is 3.64. The summed E-state index contributed by atoms with van der Waals surface area (Å²) in [5, 5.41) is 0. The van der Waals surface area contributed by atoms with Crippen LogP contribution in [0.3, 0.4) is 0 Å². The Morgan fingerprint density at radius 2 is 2.22 bits per heavy atom. The Kier molecular flexibility index (Phi) is 4.64. The number of ether oxygens (including phenoxy) is 1. The third-order valence-electron chi connectivity index (χ3n) is 4.80. The van der Waals surface area contributed by atoms with E-state index in [2.05, 4.69) is 30.7 Å². The molecular formula is C14H29N3O. The minimum atomic E-state index is 0.184. The van der Waals surface area contributed by atoms with Crippen LogP contribution >= 0.6 is 0 Å². The lowest BCUT2D eigenvalue weighted by Gasteiger charge is -2.45. The maximum absolute atomic E-state index is 6.13. The van der Waals surface area contributed by atoms with E-state index in [1.165, 1.54) is 25.8 Å². The average Bonchev–Trinajstić information content (AvgIpc) is 2.67. The lowest BCUT2D eigenvalue weighted by molar-refractivity contribution is -0.0298. The zero-order valence-corrected chi connectivity index (χ0v) is 12.2. The minimum absolute atomic E-state index is 0.184. The quantitative estimate of drug-likeness (QED) is 0.811. The summed E-state index contributed by atoms with van der Waals surface area (Å²) in [4.78, 5) is 5.05. The monoisotopic (exact) mass is 255 g/mol. The maximum atomic E-state index is 6.13. The highest BCUT2D eigenvalue weighted by Gasteiger charge is 2.45. The molecule has 18 heavy (non-hydrogen) atoms. The number of rotatable bonds is 4. The summed E-state index contributed by atoms with van der Waals surface area (Å²) in [6.07, 6.45) is 4.05. The van der Waals surface area contributed by atoms with Crippen molar-refractivity contribution in [2.75, 3.05) is 39.8 Å². The average molecular weight is 255 g/mol. The Hall–Kier alpha value is -0.160. The summed E-state index contributed by atoms with van der Waals surface area (Å²) in [5.74, 6) is 0. The molecule has 0 amide bonds. The number of hydrogen-bond donors (Lipinski definition) is 1. The van der Waals surface area contributed by atoms with Gasteiger partial charge in [-0.15, -0.1) is 0 Å². The summed E-state index contributed by atoms with van der Waals surface area (Å²) in [5.41, 5.74) is 6.32. The molecule has 0 aromatic rings. The Bertz CT molecular complexity index is 260. The van der Waals surface area contributed by atoms with Crippen molar-refractivity contribution in [2.24, 2.45) is 5.73 Å². The van der Waals surface area contributed by atoms with Crippen LogP contribution in [0.2, 0.25) is 0 Å². The maximum Gasteiger partial charge on any atom is 0.0702 e. The van der Waals surface area contributed by atoms with Gasteiger partial charge in [0.25, 0.3) is 0 Å². The van der Waals surface area contributed by atoms with Crippen LogP contribution in [0, 0.1) is 0 Å². The van der Waals surface area contributed by atoms with Crippen LogP contribution < -0.4 is 5.73 Å². The van der Waals surface area contributed by atoms with E-state index in [0.717, 1.165) is 26.2 Å². The second-order valence-electron chi connectivity index (χ2n) is 6.06. The fourth-order valence-corrected chi connectivity index (χ4v) is 3.64.